The topological polar surface area (TPSA) is 54.2 Å². The summed E-state index contributed by atoms with van der Waals surface area (Å²) in [5.74, 6) is 0.819. The van der Waals surface area contributed by atoms with Crippen molar-refractivity contribution < 1.29 is 0 Å². The van der Waals surface area contributed by atoms with Gasteiger partial charge in [-0.15, -0.1) is 0 Å². The Bertz CT molecular complexity index is 378. The van der Waals surface area contributed by atoms with Crippen molar-refractivity contribution in [1.82, 2.24) is 20.4 Å². The van der Waals surface area contributed by atoms with Gasteiger partial charge in [0.1, 0.15) is 0 Å². The molecule has 1 aromatic rings. The van der Waals surface area contributed by atoms with Crippen molar-refractivity contribution in [2.45, 2.75) is 20.3 Å². The second kappa shape index (κ2) is 5.53. The molecule has 16 heavy (non-hydrogen) atoms. The third kappa shape index (κ3) is 2.74. The molecule has 90 valence electrons. The maximum Gasteiger partial charge on any atom is 0.190 e. The quantitative estimate of drug-likeness (QED) is 0.575. The summed E-state index contributed by atoms with van der Waals surface area (Å²) >= 11 is 0. The molecule has 0 saturated heterocycles. The molecule has 1 heterocycles. The van der Waals surface area contributed by atoms with Gasteiger partial charge < -0.3 is 10.6 Å². The summed E-state index contributed by atoms with van der Waals surface area (Å²) in [4.78, 5) is 4.06. The summed E-state index contributed by atoms with van der Waals surface area (Å²) in [5.41, 5.74) is 3.67. The average Bonchev–Trinajstić information content (AvgIpc) is 2.50. The third-order valence-electron chi connectivity index (χ3n) is 2.79. The van der Waals surface area contributed by atoms with Crippen molar-refractivity contribution in [1.29, 1.82) is 0 Å². The van der Waals surface area contributed by atoms with E-state index in [-0.39, 0.29) is 0 Å². The lowest BCUT2D eigenvalue weighted by atomic mass is 10.1. The predicted octanol–water partition coefficient (Wildman–Crippen LogP) is 0.374. The van der Waals surface area contributed by atoms with Crippen LogP contribution in [0.4, 0.5) is 0 Å². The van der Waals surface area contributed by atoms with E-state index in [1.54, 1.807) is 7.05 Å². The van der Waals surface area contributed by atoms with E-state index < -0.39 is 0 Å². The molecule has 0 aliphatic carbocycles. The Balaban J connectivity index is 2.55. The van der Waals surface area contributed by atoms with E-state index in [0.29, 0.717) is 0 Å². The predicted molar refractivity (Wildman–Crippen MR) is 66.8 cm³/mol. The number of aryl methyl sites for hydroxylation is 2. The second-order valence-electron chi connectivity index (χ2n) is 3.77. The minimum absolute atomic E-state index is 0.819. The fourth-order valence-corrected chi connectivity index (χ4v) is 1.76. The van der Waals surface area contributed by atoms with Crippen molar-refractivity contribution >= 4 is 5.96 Å². The van der Waals surface area contributed by atoms with Gasteiger partial charge in [-0.05, 0) is 25.8 Å². The molecule has 0 radical (unpaired) electrons. The van der Waals surface area contributed by atoms with Crippen LogP contribution in [0.25, 0.3) is 0 Å². The summed E-state index contributed by atoms with van der Waals surface area (Å²) in [7, 11) is 5.60. The summed E-state index contributed by atoms with van der Waals surface area (Å²) in [6.07, 6.45) is 0.964. The van der Waals surface area contributed by atoms with E-state index >= 15 is 0 Å². The lowest BCUT2D eigenvalue weighted by Gasteiger charge is -2.08. The molecule has 5 nitrogen and oxygen atoms in total. The van der Waals surface area contributed by atoms with E-state index in [1.807, 2.05) is 18.8 Å². The number of aromatic nitrogens is 2. The lowest BCUT2D eigenvalue weighted by molar-refractivity contribution is 0.729. The van der Waals surface area contributed by atoms with Crippen LogP contribution in [0.2, 0.25) is 0 Å². The summed E-state index contributed by atoms with van der Waals surface area (Å²) < 4.78 is 1.93. The molecule has 0 aliphatic heterocycles. The van der Waals surface area contributed by atoms with Crippen LogP contribution >= 0.6 is 0 Å². The third-order valence-corrected chi connectivity index (χ3v) is 2.79. The van der Waals surface area contributed by atoms with Crippen molar-refractivity contribution in [2.24, 2.45) is 12.0 Å². The van der Waals surface area contributed by atoms with Crippen LogP contribution in [-0.2, 0) is 13.5 Å². The highest BCUT2D eigenvalue weighted by molar-refractivity contribution is 5.79. The van der Waals surface area contributed by atoms with Gasteiger partial charge in [0, 0.05) is 33.4 Å². The molecule has 0 aliphatic rings. The number of aliphatic imine (C=N–C) groups is 1. The first-order valence-electron chi connectivity index (χ1n) is 5.47. The molecule has 0 atom stereocenters. The van der Waals surface area contributed by atoms with Crippen LogP contribution in [0.15, 0.2) is 4.99 Å². The van der Waals surface area contributed by atoms with Gasteiger partial charge in [-0.2, -0.15) is 5.10 Å². The normalized spacial score (nSPS) is 11.7. The Hall–Kier alpha value is -1.52. The highest BCUT2D eigenvalue weighted by Gasteiger charge is 2.08. The molecule has 0 aromatic carbocycles. The zero-order valence-electron chi connectivity index (χ0n) is 10.8. The number of nitrogens with zero attached hydrogens (tertiary/aromatic N) is 3. The van der Waals surface area contributed by atoms with E-state index in [2.05, 4.69) is 34.6 Å². The number of hydrogen-bond donors (Lipinski definition) is 2. The molecule has 5 heteroatoms. The first-order chi connectivity index (χ1) is 7.60. The molecular formula is C11H21N5. The highest BCUT2D eigenvalue weighted by atomic mass is 15.3. The van der Waals surface area contributed by atoms with Gasteiger partial charge in [0.25, 0.3) is 0 Å². The second-order valence-corrected chi connectivity index (χ2v) is 3.77. The molecule has 0 spiro atoms. The van der Waals surface area contributed by atoms with Crippen LogP contribution < -0.4 is 10.6 Å². The molecular weight excluding hydrogens is 202 g/mol. The van der Waals surface area contributed by atoms with Crippen molar-refractivity contribution in [3.8, 4) is 0 Å². The van der Waals surface area contributed by atoms with Crippen molar-refractivity contribution in [3.63, 3.8) is 0 Å². The Morgan fingerprint density at radius 1 is 1.44 bits per heavy atom. The highest BCUT2D eigenvalue weighted by Crippen LogP contribution is 2.11. The van der Waals surface area contributed by atoms with E-state index in [0.717, 1.165) is 24.6 Å². The van der Waals surface area contributed by atoms with Crippen LogP contribution in [0.1, 0.15) is 17.0 Å². The maximum absolute atomic E-state index is 4.39. The zero-order valence-corrected chi connectivity index (χ0v) is 10.8. The standard InChI is InChI=1S/C11H21N5/c1-8-10(9(2)16(5)15-8)6-7-14-11(12-3)13-4/h6-7H2,1-5H3,(H2,12,13,14). The van der Waals surface area contributed by atoms with Crippen LogP contribution in [-0.4, -0.2) is 36.4 Å². The molecule has 1 aromatic heterocycles. The van der Waals surface area contributed by atoms with Gasteiger partial charge in [0.15, 0.2) is 5.96 Å². The fourth-order valence-electron chi connectivity index (χ4n) is 1.76. The minimum Gasteiger partial charge on any atom is -0.359 e. The summed E-state index contributed by atoms with van der Waals surface area (Å²) in [6, 6.07) is 0. The van der Waals surface area contributed by atoms with Gasteiger partial charge in [-0.25, -0.2) is 0 Å². The van der Waals surface area contributed by atoms with Gasteiger partial charge in [-0.1, -0.05) is 0 Å². The monoisotopic (exact) mass is 223 g/mol. The Labute approximate surface area is 97.0 Å². The van der Waals surface area contributed by atoms with Crippen LogP contribution in [0.3, 0.4) is 0 Å². The minimum atomic E-state index is 0.819. The van der Waals surface area contributed by atoms with Gasteiger partial charge in [0.05, 0.1) is 5.69 Å². The first-order valence-corrected chi connectivity index (χ1v) is 5.47. The largest absolute Gasteiger partial charge is 0.359 e. The Morgan fingerprint density at radius 3 is 2.56 bits per heavy atom. The fraction of sp³-hybridized carbons (Fsp3) is 0.636. The van der Waals surface area contributed by atoms with E-state index in [4.69, 9.17) is 0 Å². The number of guanidine groups is 1. The Kier molecular flexibility index (Phi) is 4.34. The smallest absolute Gasteiger partial charge is 0.190 e. The zero-order chi connectivity index (χ0) is 12.1. The maximum atomic E-state index is 4.39. The first kappa shape index (κ1) is 12.5. The van der Waals surface area contributed by atoms with Crippen LogP contribution in [0, 0.1) is 13.8 Å². The molecule has 0 amide bonds. The summed E-state index contributed by atoms with van der Waals surface area (Å²) in [6.45, 7) is 5.01. The van der Waals surface area contributed by atoms with E-state index in [9.17, 15) is 0 Å². The molecule has 0 saturated carbocycles. The van der Waals surface area contributed by atoms with Gasteiger partial charge in [-0.3, -0.25) is 9.67 Å². The summed E-state index contributed by atoms with van der Waals surface area (Å²) in [5, 5.41) is 10.6. The van der Waals surface area contributed by atoms with E-state index in [1.165, 1.54) is 11.3 Å². The van der Waals surface area contributed by atoms with Gasteiger partial charge >= 0.3 is 0 Å². The molecule has 0 unspecified atom stereocenters. The molecule has 0 bridgehead atoms. The molecule has 1 rings (SSSR count). The SMILES string of the molecule is CN=C(NC)NCCc1c(C)nn(C)c1C. The number of hydrogen-bond acceptors (Lipinski definition) is 2. The molecule has 2 N–H and O–H groups in total. The average molecular weight is 223 g/mol. The van der Waals surface area contributed by atoms with Gasteiger partial charge in [0.2, 0.25) is 0 Å². The lowest BCUT2D eigenvalue weighted by Crippen LogP contribution is -2.35. The van der Waals surface area contributed by atoms with Crippen molar-refractivity contribution in [3.05, 3.63) is 17.0 Å². The number of rotatable bonds is 3. The number of nitrogens with one attached hydrogen (secondary N) is 2. The van der Waals surface area contributed by atoms with Crippen LogP contribution in [0.5, 0.6) is 0 Å². The Morgan fingerprint density at radius 2 is 2.12 bits per heavy atom. The molecule has 0 fully saturated rings. The van der Waals surface area contributed by atoms with Crippen molar-refractivity contribution in [2.75, 3.05) is 20.6 Å².